The second kappa shape index (κ2) is 6.02. The molecule has 0 saturated carbocycles. The van der Waals surface area contributed by atoms with Crippen molar-refractivity contribution in [3.05, 3.63) is 28.0 Å². The number of nitrogens with zero attached hydrogens (tertiary/aromatic N) is 1. The van der Waals surface area contributed by atoms with Crippen LogP contribution in [0.5, 0.6) is 0 Å². The fourth-order valence-electron chi connectivity index (χ4n) is 2.59. The van der Waals surface area contributed by atoms with Crippen molar-refractivity contribution in [2.45, 2.75) is 32.7 Å². The van der Waals surface area contributed by atoms with Crippen molar-refractivity contribution >= 4 is 21.6 Å². The highest BCUT2D eigenvalue weighted by molar-refractivity contribution is 9.10. The van der Waals surface area contributed by atoms with Crippen LogP contribution in [0.3, 0.4) is 0 Å². The van der Waals surface area contributed by atoms with Crippen molar-refractivity contribution in [3.63, 3.8) is 0 Å². The Hall–Kier alpha value is -0.610. The van der Waals surface area contributed by atoms with E-state index in [1.807, 2.05) is 13.0 Å². The molecule has 1 aliphatic heterocycles. The van der Waals surface area contributed by atoms with Crippen molar-refractivity contribution in [1.82, 2.24) is 5.32 Å². The number of hydrogen-bond acceptors (Lipinski definition) is 2. The normalized spacial score (nSPS) is 17.2. The summed E-state index contributed by atoms with van der Waals surface area (Å²) in [5, 5.41) is 3.50. The van der Waals surface area contributed by atoms with Crippen LogP contribution in [0.25, 0.3) is 0 Å². The predicted octanol–water partition coefficient (Wildman–Crippen LogP) is 3.47. The zero-order valence-corrected chi connectivity index (χ0v) is 12.6. The molecule has 18 heavy (non-hydrogen) atoms. The van der Waals surface area contributed by atoms with Gasteiger partial charge in [-0.1, -0.05) is 6.92 Å². The lowest BCUT2D eigenvalue weighted by Crippen LogP contribution is -2.42. The molecule has 1 aromatic rings. The van der Waals surface area contributed by atoms with Crippen LogP contribution in [0.15, 0.2) is 16.6 Å². The maximum atomic E-state index is 13.4. The van der Waals surface area contributed by atoms with Gasteiger partial charge in [-0.15, -0.1) is 0 Å². The largest absolute Gasteiger partial charge is 0.371 e. The zero-order chi connectivity index (χ0) is 13.1. The third kappa shape index (κ3) is 3.04. The monoisotopic (exact) mass is 314 g/mol. The van der Waals surface area contributed by atoms with Gasteiger partial charge in [0.25, 0.3) is 0 Å². The summed E-state index contributed by atoms with van der Waals surface area (Å²) >= 11 is 3.27. The summed E-state index contributed by atoms with van der Waals surface area (Å²) < 4.78 is 14.0. The number of hydrogen-bond donors (Lipinski definition) is 1. The maximum Gasteiger partial charge on any atom is 0.137 e. The molecule has 100 valence electrons. The molecule has 1 heterocycles. The molecule has 0 bridgehead atoms. The lowest BCUT2D eigenvalue weighted by Gasteiger charge is -2.35. The minimum absolute atomic E-state index is 0.182. The third-order valence-electron chi connectivity index (χ3n) is 3.57. The average molecular weight is 315 g/mol. The molecule has 0 spiro atoms. The lowest BCUT2D eigenvalue weighted by molar-refractivity contribution is 0.423. The molecule has 0 aliphatic carbocycles. The van der Waals surface area contributed by atoms with E-state index in [1.54, 1.807) is 6.07 Å². The highest BCUT2D eigenvalue weighted by Crippen LogP contribution is 2.29. The van der Waals surface area contributed by atoms with Gasteiger partial charge in [-0.25, -0.2) is 4.39 Å². The Bertz CT molecular complexity index is 415. The first-order valence-electron chi connectivity index (χ1n) is 6.55. The van der Waals surface area contributed by atoms with Crippen LogP contribution >= 0.6 is 15.9 Å². The van der Waals surface area contributed by atoms with Crippen molar-refractivity contribution in [2.24, 2.45) is 0 Å². The molecule has 2 rings (SSSR count). The van der Waals surface area contributed by atoms with Crippen LogP contribution in [0.4, 0.5) is 10.1 Å². The fraction of sp³-hybridized carbons (Fsp3) is 0.571. The molecule has 1 aromatic carbocycles. The molecule has 1 aliphatic rings. The SMILES string of the molecule is CCNC1CCN(c2cc(Br)c(F)cc2C)CC1. The van der Waals surface area contributed by atoms with Gasteiger partial charge in [0.2, 0.25) is 0 Å². The van der Waals surface area contributed by atoms with Gasteiger partial charge < -0.3 is 10.2 Å². The number of nitrogens with one attached hydrogen (secondary N) is 1. The second-order valence-electron chi connectivity index (χ2n) is 4.87. The van der Waals surface area contributed by atoms with E-state index in [0.29, 0.717) is 10.5 Å². The summed E-state index contributed by atoms with van der Waals surface area (Å²) in [5.41, 5.74) is 2.16. The summed E-state index contributed by atoms with van der Waals surface area (Å²) in [5.74, 6) is -0.182. The van der Waals surface area contributed by atoms with Gasteiger partial charge in [0.15, 0.2) is 0 Å². The summed E-state index contributed by atoms with van der Waals surface area (Å²) in [7, 11) is 0. The maximum absolute atomic E-state index is 13.4. The molecule has 2 nitrogen and oxygen atoms in total. The van der Waals surface area contributed by atoms with Gasteiger partial charge in [-0.3, -0.25) is 0 Å². The Morgan fingerprint density at radius 1 is 1.39 bits per heavy atom. The molecule has 0 amide bonds. The molecule has 0 radical (unpaired) electrons. The van der Waals surface area contributed by atoms with Crippen LogP contribution in [0.1, 0.15) is 25.3 Å². The lowest BCUT2D eigenvalue weighted by atomic mass is 10.0. The van der Waals surface area contributed by atoms with E-state index in [1.165, 1.54) is 0 Å². The summed E-state index contributed by atoms with van der Waals surface area (Å²) in [4.78, 5) is 2.35. The number of piperidine rings is 1. The number of rotatable bonds is 3. The van der Waals surface area contributed by atoms with Gasteiger partial charge in [-0.05, 0) is 59.9 Å². The van der Waals surface area contributed by atoms with Gasteiger partial charge in [-0.2, -0.15) is 0 Å². The van der Waals surface area contributed by atoms with E-state index in [0.717, 1.165) is 43.7 Å². The Morgan fingerprint density at radius 2 is 2.06 bits per heavy atom. The van der Waals surface area contributed by atoms with E-state index in [9.17, 15) is 4.39 Å². The molecule has 0 aromatic heterocycles. The highest BCUT2D eigenvalue weighted by atomic mass is 79.9. The minimum Gasteiger partial charge on any atom is -0.371 e. The van der Waals surface area contributed by atoms with Crippen LogP contribution in [0.2, 0.25) is 0 Å². The number of halogens is 2. The van der Waals surface area contributed by atoms with Crippen LogP contribution in [0, 0.1) is 12.7 Å². The van der Waals surface area contributed by atoms with E-state index in [-0.39, 0.29) is 5.82 Å². The number of anilines is 1. The first-order valence-corrected chi connectivity index (χ1v) is 7.35. The van der Waals surface area contributed by atoms with Crippen LogP contribution in [-0.2, 0) is 0 Å². The molecular formula is C14H20BrFN2. The fourth-order valence-corrected chi connectivity index (χ4v) is 2.92. The van der Waals surface area contributed by atoms with Crippen LogP contribution in [-0.4, -0.2) is 25.7 Å². The first kappa shape index (κ1) is 13.8. The van der Waals surface area contributed by atoms with Crippen molar-refractivity contribution in [1.29, 1.82) is 0 Å². The summed E-state index contributed by atoms with van der Waals surface area (Å²) in [6, 6.07) is 4.14. The Balaban J connectivity index is 2.07. The summed E-state index contributed by atoms with van der Waals surface area (Å²) in [6.07, 6.45) is 2.31. The highest BCUT2D eigenvalue weighted by Gasteiger charge is 2.20. The predicted molar refractivity (Wildman–Crippen MR) is 77.7 cm³/mol. The van der Waals surface area contributed by atoms with E-state index in [2.05, 4.69) is 33.1 Å². The molecular weight excluding hydrogens is 295 g/mol. The van der Waals surface area contributed by atoms with Crippen molar-refractivity contribution in [2.75, 3.05) is 24.5 Å². The quantitative estimate of drug-likeness (QED) is 0.919. The topological polar surface area (TPSA) is 15.3 Å². The number of aryl methyl sites for hydroxylation is 1. The van der Waals surface area contributed by atoms with Gasteiger partial charge >= 0.3 is 0 Å². The van der Waals surface area contributed by atoms with Crippen molar-refractivity contribution < 1.29 is 4.39 Å². The average Bonchev–Trinajstić information content (AvgIpc) is 2.35. The molecule has 0 atom stereocenters. The Kier molecular flexibility index (Phi) is 4.62. The molecule has 1 saturated heterocycles. The van der Waals surface area contributed by atoms with Gasteiger partial charge in [0, 0.05) is 24.8 Å². The smallest absolute Gasteiger partial charge is 0.137 e. The molecule has 1 N–H and O–H groups in total. The van der Waals surface area contributed by atoms with Crippen molar-refractivity contribution in [3.8, 4) is 0 Å². The standard InChI is InChI=1S/C14H20BrFN2/c1-3-17-11-4-6-18(7-5-11)14-9-12(15)13(16)8-10(14)2/h8-9,11,17H,3-7H2,1-2H3. The Labute approximate surface area is 117 Å². The molecule has 0 unspecified atom stereocenters. The Morgan fingerprint density at radius 3 is 2.67 bits per heavy atom. The third-order valence-corrected chi connectivity index (χ3v) is 4.17. The van der Waals surface area contributed by atoms with Gasteiger partial charge in [0.1, 0.15) is 5.82 Å². The molecule has 1 fully saturated rings. The van der Waals surface area contributed by atoms with Gasteiger partial charge in [0.05, 0.1) is 4.47 Å². The number of benzene rings is 1. The zero-order valence-electron chi connectivity index (χ0n) is 11.0. The first-order chi connectivity index (χ1) is 8.61. The van der Waals surface area contributed by atoms with E-state index >= 15 is 0 Å². The minimum atomic E-state index is -0.182. The van der Waals surface area contributed by atoms with Crippen LogP contribution < -0.4 is 10.2 Å². The second-order valence-corrected chi connectivity index (χ2v) is 5.73. The summed E-state index contributed by atoms with van der Waals surface area (Å²) in [6.45, 7) is 7.23. The molecule has 4 heteroatoms. The van der Waals surface area contributed by atoms with E-state index < -0.39 is 0 Å². The van der Waals surface area contributed by atoms with E-state index in [4.69, 9.17) is 0 Å².